The van der Waals surface area contributed by atoms with Crippen LogP contribution in [0.3, 0.4) is 0 Å². The molecule has 0 saturated heterocycles. The van der Waals surface area contributed by atoms with E-state index < -0.39 is 5.91 Å². The Kier molecular flexibility index (Phi) is 4.71. The summed E-state index contributed by atoms with van der Waals surface area (Å²) < 4.78 is 6.19. The Bertz CT molecular complexity index is 767. The minimum atomic E-state index is -0.403. The molecule has 2 amide bonds. The molecule has 0 radical (unpaired) electrons. The highest BCUT2D eigenvalue weighted by Gasteiger charge is 2.30. The van der Waals surface area contributed by atoms with Crippen LogP contribution in [0.2, 0.25) is 0 Å². The summed E-state index contributed by atoms with van der Waals surface area (Å²) in [5, 5.41) is 4.44. The van der Waals surface area contributed by atoms with Gasteiger partial charge in [0.05, 0.1) is 5.56 Å². The second-order valence-corrected chi connectivity index (χ2v) is 6.24. The van der Waals surface area contributed by atoms with Gasteiger partial charge in [-0.1, -0.05) is 34.1 Å². The van der Waals surface area contributed by atoms with Gasteiger partial charge in [-0.3, -0.25) is 15.0 Å². The lowest BCUT2D eigenvalue weighted by Gasteiger charge is -2.35. The van der Waals surface area contributed by atoms with E-state index in [0.29, 0.717) is 11.3 Å². The van der Waals surface area contributed by atoms with E-state index in [9.17, 15) is 9.59 Å². The number of rotatable bonds is 4. The maximum atomic E-state index is 12.6. The summed E-state index contributed by atoms with van der Waals surface area (Å²) in [6, 6.07) is 14.4. The molecule has 2 N–H and O–H groups in total. The van der Waals surface area contributed by atoms with Crippen LogP contribution in [0.4, 0.5) is 5.69 Å². The molecule has 6 nitrogen and oxygen atoms in total. The Hall–Kier alpha value is -2.54. The zero-order valence-electron chi connectivity index (χ0n) is 13.0. The molecule has 0 aromatic heterocycles. The quantitative estimate of drug-likeness (QED) is 0.843. The van der Waals surface area contributed by atoms with Gasteiger partial charge in [-0.25, -0.2) is 5.01 Å². The topological polar surface area (TPSA) is 70.7 Å². The number of para-hydroxylation sites is 1. The molecule has 0 saturated carbocycles. The van der Waals surface area contributed by atoms with Gasteiger partial charge in [0.15, 0.2) is 6.61 Å². The average molecular weight is 390 g/mol. The van der Waals surface area contributed by atoms with Crippen LogP contribution < -0.4 is 15.5 Å². The molecule has 0 fully saturated rings. The molecule has 2 aromatic carbocycles. The molecular weight excluding hydrogens is 374 g/mol. The number of hydrogen-bond acceptors (Lipinski definition) is 4. The molecule has 1 unspecified atom stereocenters. The van der Waals surface area contributed by atoms with Crippen molar-refractivity contribution in [2.24, 2.45) is 0 Å². The Morgan fingerprint density at radius 1 is 1.29 bits per heavy atom. The number of carbonyl (C=O) groups excluding carboxylic acids is 2. The van der Waals surface area contributed by atoms with Gasteiger partial charge in [-0.05, 0) is 37.3 Å². The van der Waals surface area contributed by atoms with Gasteiger partial charge in [0.25, 0.3) is 11.8 Å². The molecule has 1 aliphatic heterocycles. The highest BCUT2D eigenvalue weighted by molar-refractivity contribution is 9.10. The summed E-state index contributed by atoms with van der Waals surface area (Å²) in [7, 11) is 0. The second-order valence-electron chi connectivity index (χ2n) is 5.32. The first kappa shape index (κ1) is 16.3. The molecular formula is C17H16BrN3O3. The summed E-state index contributed by atoms with van der Waals surface area (Å²) in [6.07, 6.45) is -0.369. The number of hydrogen-bond donors (Lipinski definition) is 2. The lowest BCUT2D eigenvalue weighted by molar-refractivity contribution is -0.127. The minimum Gasteiger partial charge on any atom is -0.484 e. The van der Waals surface area contributed by atoms with Gasteiger partial charge in [0.2, 0.25) is 0 Å². The smallest absolute Gasteiger partial charge is 0.276 e. The van der Waals surface area contributed by atoms with Gasteiger partial charge in [0.1, 0.15) is 11.9 Å². The number of ether oxygens (including phenoxy) is 1. The van der Waals surface area contributed by atoms with E-state index in [2.05, 4.69) is 26.7 Å². The normalized spacial score (nSPS) is 16.2. The number of amides is 2. The van der Waals surface area contributed by atoms with E-state index in [4.69, 9.17) is 4.74 Å². The zero-order chi connectivity index (χ0) is 17.1. The zero-order valence-corrected chi connectivity index (χ0v) is 14.5. The molecule has 1 atom stereocenters. The number of halogens is 1. The van der Waals surface area contributed by atoms with Crippen molar-refractivity contribution in [2.45, 2.75) is 13.1 Å². The molecule has 2 aromatic rings. The first-order valence-electron chi connectivity index (χ1n) is 7.41. The van der Waals surface area contributed by atoms with Crippen molar-refractivity contribution in [3.05, 3.63) is 58.6 Å². The van der Waals surface area contributed by atoms with Crippen molar-refractivity contribution in [3.63, 3.8) is 0 Å². The molecule has 124 valence electrons. The molecule has 0 aliphatic carbocycles. The van der Waals surface area contributed by atoms with E-state index in [1.807, 2.05) is 30.3 Å². The third-order valence-electron chi connectivity index (χ3n) is 3.54. The van der Waals surface area contributed by atoms with Crippen LogP contribution in [-0.2, 0) is 4.79 Å². The first-order chi connectivity index (χ1) is 11.5. The predicted molar refractivity (Wildman–Crippen MR) is 93.5 cm³/mol. The Morgan fingerprint density at radius 2 is 2.04 bits per heavy atom. The van der Waals surface area contributed by atoms with Crippen LogP contribution in [0, 0.1) is 0 Å². The Morgan fingerprint density at radius 3 is 2.79 bits per heavy atom. The summed E-state index contributed by atoms with van der Waals surface area (Å²) in [4.78, 5) is 24.7. The van der Waals surface area contributed by atoms with Crippen molar-refractivity contribution in [1.29, 1.82) is 0 Å². The second kappa shape index (κ2) is 6.92. The van der Waals surface area contributed by atoms with E-state index >= 15 is 0 Å². The fourth-order valence-electron chi connectivity index (χ4n) is 2.39. The molecule has 0 bridgehead atoms. The third-order valence-corrected chi connectivity index (χ3v) is 4.03. The number of nitrogens with zero attached hydrogens (tertiary/aromatic N) is 1. The minimum absolute atomic E-state index is 0.175. The number of carbonyl (C=O) groups is 2. The van der Waals surface area contributed by atoms with Crippen LogP contribution in [0.5, 0.6) is 5.75 Å². The monoisotopic (exact) mass is 389 g/mol. The fraction of sp³-hybridized carbons (Fsp3) is 0.176. The highest BCUT2D eigenvalue weighted by atomic mass is 79.9. The largest absolute Gasteiger partial charge is 0.484 e. The number of benzene rings is 2. The maximum absolute atomic E-state index is 12.6. The number of nitrogens with one attached hydrogen (secondary N) is 2. The molecule has 7 heteroatoms. The van der Waals surface area contributed by atoms with Gasteiger partial charge >= 0.3 is 0 Å². The van der Waals surface area contributed by atoms with Crippen molar-refractivity contribution in [1.82, 2.24) is 10.4 Å². The van der Waals surface area contributed by atoms with Gasteiger partial charge in [-0.15, -0.1) is 0 Å². The summed E-state index contributed by atoms with van der Waals surface area (Å²) in [6.45, 7) is 1.62. The van der Waals surface area contributed by atoms with E-state index in [1.54, 1.807) is 25.1 Å². The number of hydrazine groups is 1. The van der Waals surface area contributed by atoms with Crippen LogP contribution >= 0.6 is 15.9 Å². The van der Waals surface area contributed by atoms with Crippen molar-refractivity contribution in [3.8, 4) is 5.75 Å². The molecule has 1 heterocycles. The number of anilines is 1. The van der Waals surface area contributed by atoms with Crippen molar-refractivity contribution in [2.75, 3.05) is 11.9 Å². The highest BCUT2D eigenvalue weighted by Crippen LogP contribution is 2.27. The first-order valence-corrected chi connectivity index (χ1v) is 8.21. The summed E-state index contributed by atoms with van der Waals surface area (Å²) >= 11 is 3.35. The lowest BCUT2D eigenvalue weighted by atomic mass is 10.1. The Labute approximate surface area is 147 Å². The lowest BCUT2D eigenvalue weighted by Crippen LogP contribution is -2.57. The fourth-order valence-corrected chi connectivity index (χ4v) is 2.76. The summed E-state index contributed by atoms with van der Waals surface area (Å²) in [5.74, 6) is -0.0806. The third kappa shape index (κ3) is 3.51. The van der Waals surface area contributed by atoms with E-state index in [1.165, 1.54) is 5.01 Å². The van der Waals surface area contributed by atoms with Crippen molar-refractivity contribution >= 4 is 33.4 Å². The SMILES string of the molecule is CC1Nc2ccc(Br)cc2C(=O)N1NC(=O)COc1ccccc1. The number of fused-ring (bicyclic) bond motifs is 1. The van der Waals surface area contributed by atoms with Crippen molar-refractivity contribution < 1.29 is 14.3 Å². The molecule has 24 heavy (non-hydrogen) atoms. The van der Waals surface area contributed by atoms with Crippen LogP contribution in [0.15, 0.2) is 53.0 Å². The van der Waals surface area contributed by atoms with Crippen LogP contribution in [-0.4, -0.2) is 29.6 Å². The molecule has 3 rings (SSSR count). The summed E-state index contributed by atoms with van der Waals surface area (Å²) in [5.41, 5.74) is 3.82. The van der Waals surface area contributed by atoms with Gasteiger partial charge in [0, 0.05) is 10.2 Å². The van der Waals surface area contributed by atoms with Crippen LogP contribution in [0.25, 0.3) is 0 Å². The van der Waals surface area contributed by atoms with Crippen LogP contribution in [0.1, 0.15) is 17.3 Å². The van der Waals surface area contributed by atoms with Gasteiger partial charge in [-0.2, -0.15) is 0 Å². The molecule has 0 spiro atoms. The van der Waals surface area contributed by atoms with E-state index in [-0.39, 0.29) is 18.7 Å². The molecule has 1 aliphatic rings. The maximum Gasteiger partial charge on any atom is 0.276 e. The predicted octanol–water partition coefficient (Wildman–Crippen LogP) is 2.77. The Balaban J connectivity index is 1.66. The van der Waals surface area contributed by atoms with Gasteiger partial charge < -0.3 is 10.1 Å². The average Bonchev–Trinajstić information content (AvgIpc) is 2.58. The standard InChI is InChI=1S/C17H16BrN3O3/c1-11-19-15-8-7-12(18)9-14(15)17(23)21(11)20-16(22)10-24-13-5-3-2-4-6-13/h2-9,11,19H,10H2,1H3,(H,20,22). The van der Waals surface area contributed by atoms with E-state index in [0.717, 1.165) is 10.2 Å².